The smallest absolute Gasteiger partial charge is 0.266 e. The summed E-state index contributed by atoms with van der Waals surface area (Å²) in [7, 11) is 0. The summed E-state index contributed by atoms with van der Waals surface area (Å²) < 4.78 is 7.59. The molecule has 4 rings (SSSR count). The maximum absolute atomic E-state index is 11.9. The molecule has 1 N–H and O–H groups in total. The Hall–Kier alpha value is -3.32. The van der Waals surface area contributed by atoms with Crippen molar-refractivity contribution in [2.45, 2.75) is 18.5 Å². The van der Waals surface area contributed by atoms with E-state index < -0.39 is 0 Å². The zero-order valence-electron chi connectivity index (χ0n) is 16.7. The molecule has 2 aromatic carbocycles. The highest BCUT2D eigenvalue weighted by molar-refractivity contribution is 7.99. The van der Waals surface area contributed by atoms with Crippen molar-refractivity contribution in [1.82, 2.24) is 19.6 Å². The van der Waals surface area contributed by atoms with Crippen molar-refractivity contribution >= 4 is 17.4 Å². The normalized spacial score (nSPS) is 11.0. The highest BCUT2D eigenvalue weighted by Crippen LogP contribution is 2.23. The van der Waals surface area contributed by atoms with Crippen LogP contribution in [-0.4, -0.2) is 31.9 Å². The molecule has 0 radical (unpaired) electrons. The number of hydrogen-bond donors (Lipinski definition) is 1. The summed E-state index contributed by atoms with van der Waals surface area (Å²) >= 11 is 1.51. The predicted molar refractivity (Wildman–Crippen MR) is 120 cm³/mol. The van der Waals surface area contributed by atoms with E-state index in [4.69, 9.17) is 9.72 Å². The van der Waals surface area contributed by atoms with Crippen molar-refractivity contribution in [3.05, 3.63) is 88.7 Å². The summed E-state index contributed by atoms with van der Waals surface area (Å²) in [5, 5.41) is 3.43. The number of aromatic amines is 1. The third-order valence-corrected chi connectivity index (χ3v) is 5.41. The standard InChI is InChI=1S/C23H22N4O2S/c1-3-7-17-9-4-5-11-19(17)29-12-13-30-23-25-22(18-10-6-8-16(2)14-18)24-20-15-21(28)26-27(20)23/h3-6,8-11,14-15H,1,7,12-13H2,2H3,(H,26,28). The van der Waals surface area contributed by atoms with E-state index in [0.29, 0.717) is 29.0 Å². The molecule has 4 aromatic rings. The third kappa shape index (κ3) is 4.46. The van der Waals surface area contributed by atoms with Crippen LogP contribution in [0.1, 0.15) is 11.1 Å². The zero-order chi connectivity index (χ0) is 20.9. The Labute approximate surface area is 178 Å². The van der Waals surface area contributed by atoms with E-state index in [1.54, 1.807) is 4.52 Å². The minimum absolute atomic E-state index is 0.206. The number of H-pyrrole nitrogens is 1. The summed E-state index contributed by atoms with van der Waals surface area (Å²) in [5.41, 5.74) is 3.50. The first-order valence-corrected chi connectivity index (χ1v) is 10.6. The van der Waals surface area contributed by atoms with Gasteiger partial charge in [0.25, 0.3) is 5.56 Å². The fraction of sp³-hybridized carbons (Fsp3) is 0.174. The maximum atomic E-state index is 11.9. The molecule has 0 aliphatic carbocycles. The molecule has 0 fully saturated rings. The molecule has 7 heteroatoms. The number of nitrogens with one attached hydrogen (secondary N) is 1. The van der Waals surface area contributed by atoms with E-state index in [1.807, 2.05) is 61.5 Å². The quantitative estimate of drug-likeness (QED) is 0.262. The highest BCUT2D eigenvalue weighted by Gasteiger charge is 2.12. The van der Waals surface area contributed by atoms with Gasteiger partial charge in [-0.15, -0.1) is 6.58 Å². The first-order chi connectivity index (χ1) is 14.6. The number of aromatic nitrogens is 4. The van der Waals surface area contributed by atoms with Crippen LogP contribution >= 0.6 is 11.8 Å². The Morgan fingerprint density at radius 1 is 1.17 bits per heavy atom. The molecular weight excluding hydrogens is 396 g/mol. The lowest BCUT2D eigenvalue weighted by Gasteiger charge is -2.11. The number of nitrogens with zero attached hydrogens (tertiary/aromatic N) is 3. The molecule has 2 aromatic heterocycles. The van der Waals surface area contributed by atoms with Gasteiger partial charge in [-0.1, -0.05) is 59.8 Å². The first-order valence-electron chi connectivity index (χ1n) is 9.65. The molecule has 0 atom stereocenters. The van der Waals surface area contributed by atoms with Gasteiger partial charge in [-0.2, -0.15) is 0 Å². The fourth-order valence-corrected chi connectivity index (χ4v) is 3.92. The van der Waals surface area contributed by atoms with Crippen molar-refractivity contribution in [3.63, 3.8) is 0 Å². The van der Waals surface area contributed by atoms with Crippen LogP contribution in [0.5, 0.6) is 5.75 Å². The minimum atomic E-state index is -0.206. The van der Waals surface area contributed by atoms with E-state index in [2.05, 4.69) is 16.7 Å². The second kappa shape index (κ2) is 9.00. The van der Waals surface area contributed by atoms with Crippen molar-refractivity contribution in [2.24, 2.45) is 0 Å². The molecule has 0 saturated heterocycles. The summed E-state index contributed by atoms with van der Waals surface area (Å²) in [4.78, 5) is 21.1. The topological polar surface area (TPSA) is 72.3 Å². The highest BCUT2D eigenvalue weighted by atomic mass is 32.2. The molecule has 0 bridgehead atoms. The molecule has 152 valence electrons. The molecule has 0 amide bonds. The van der Waals surface area contributed by atoms with Gasteiger partial charge < -0.3 is 4.74 Å². The Balaban J connectivity index is 1.54. The summed E-state index contributed by atoms with van der Waals surface area (Å²) in [6.07, 6.45) is 2.63. The second-order valence-corrected chi connectivity index (χ2v) is 7.87. The largest absolute Gasteiger partial charge is 0.492 e. The SMILES string of the molecule is C=CCc1ccccc1OCCSc1nc(-c2cccc(C)c2)nc2cc(=O)[nH]n12. The lowest BCUT2D eigenvalue weighted by molar-refractivity contribution is 0.340. The molecule has 2 heterocycles. The van der Waals surface area contributed by atoms with Gasteiger partial charge in [0.05, 0.1) is 6.61 Å². The number of thioether (sulfide) groups is 1. The molecule has 0 unspecified atom stereocenters. The van der Waals surface area contributed by atoms with E-state index in [0.717, 1.165) is 28.9 Å². The first kappa shape index (κ1) is 20.0. The van der Waals surface area contributed by atoms with Crippen LogP contribution in [0, 0.1) is 6.92 Å². The number of para-hydroxylation sites is 1. The third-order valence-electron chi connectivity index (χ3n) is 4.51. The van der Waals surface area contributed by atoms with Gasteiger partial charge in [-0.05, 0) is 31.0 Å². The van der Waals surface area contributed by atoms with Crippen LogP contribution in [0.3, 0.4) is 0 Å². The van der Waals surface area contributed by atoms with Gasteiger partial charge in [0.1, 0.15) is 5.75 Å². The van der Waals surface area contributed by atoms with E-state index in [1.165, 1.54) is 17.8 Å². The van der Waals surface area contributed by atoms with E-state index >= 15 is 0 Å². The van der Waals surface area contributed by atoms with Gasteiger partial charge in [0.15, 0.2) is 16.6 Å². The number of fused-ring (bicyclic) bond motifs is 1. The summed E-state index contributed by atoms with van der Waals surface area (Å²) in [6, 6.07) is 17.4. The monoisotopic (exact) mass is 418 g/mol. The molecule has 0 aliphatic heterocycles. The van der Waals surface area contributed by atoms with Crippen LogP contribution in [-0.2, 0) is 6.42 Å². The zero-order valence-corrected chi connectivity index (χ0v) is 17.5. The molecule has 6 nitrogen and oxygen atoms in total. The van der Waals surface area contributed by atoms with Gasteiger partial charge in [0, 0.05) is 17.4 Å². The number of ether oxygens (including phenoxy) is 1. The summed E-state index contributed by atoms with van der Waals surface area (Å²) in [6.45, 7) is 6.33. The number of hydrogen-bond acceptors (Lipinski definition) is 5. The molecular formula is C23H22N4O2S. The van der Waals surface area contributed by atoms with Crippen molar-refractivity contribution in [1.29, 1.82) is 0 Å². The number of aryl methyl sites for hydroxylation is 1. The van der Waals surface area contributed by atoms with Gasteiger partial charge in [-0.25, -0.2) is 14.5 Å². The van der Waals surface area contributed by atoms with Crippen molar-refractivity contribution in [3.8, 4) is 17.1 Å². The minimum Gasteiger partial charge on any atom is -0.492 e. The molecule has 0 aliphatic rings. The number of benzene rings is 2. The average Bonchev–Trinajstić information content (AvgIpc) is 3.12. The number of allylic oxidation sites excluding steroid dienone is 1. The number of rotatable bonds is 8. The fourth-order valence-electron chi connectivity index (χ4n) is 3.15. The predicted octanol–water partition coefficient (Wildman–Crippen LogP) is 4.29. The van der Waals surface area contributed by atoms with Crippen LogP contribution in [0.15, 0.2) is 77.2 Å². The Morgan fingerprint density at radius 2 is 2.03 bits per heavy atom. The van der Waals surface area contributed by atoms with Gasteiger partial charge in [-0.3, -0.25) is 9.89 Å². The lowest BCUT2D eigenvalue weighted by atomic mass is 10.1. The van der Waals surface area contributed by atoms with E-state index in [9.17, 15) is 4.79 Å². The Kier molecular flexibility index (Phi) is 5.99. The van der Waals surface area contributed by atoms with Crippen molar-refractivity contribution < 1.29 is 4.74 Å². The average molecular weight is 419 g/mol. The van der Waals surface area contributed by atoms with E-state index in [-0.39, 0.29) is 5.56 Å². The van der Waals surface area contributed by atoms with Gasteiger partial charge in [0.2, 0.25) is 0 Å². The molecule has 0 saturated carbocycles. The Bertz CT molecular complexity index is 1250. The maximum Gasteiger partial charge on any atom is 0.266 e. The molecule has 30 heavy (non-hydrogen) atoms. The lowest BCUT2D eigenvalue weighted by Crippen LogP contribution is -2.07. The van der Waals surface area contributed by atoms with Crippen molar-refractivity contribution in [2.75, 3.05) is 12.4 Å². The van der Waals surface area contributed by atoms with Crippen LogP contribution < -0.4 is 10.3 Å². The Morgan fingerprint density at radius 3 is 2.87 bits per heavy atom. The summed E-state index contributed by atoms with van der Waals surface area (Å²) in [5.74, 6) is 2.13. The van der Waals surface area contributed by atoms with Gasteiger partial charge >= 0.3 is 0 Å². The molecule has 0 spiro atoms. The van der Waals surface area contributed by atoms with Crippen LogP contribution in [0.4, 0.5) is 0 Å². The second-order valence-electron chi connectivity index (χ2n) is 6.81. The van der Waals surface area contributed by atoms with Crippen LogP contribution in [0.25, 0.3) is 17.0 Å². The van der Waals surface area contributed by atoms with Crippen LogP contribution in [0.2, 0.25) is 0 Å².